The quantitative estimate of drug-likeness (QED) is 0.811. The zero-order chi connectivity index (χ0) is 14.1. The summed E-state index contributed by atoms with van der Waals surface area (Å²) in [5.41, 5.74) is 8.47. The van der Waals surface area contributed by atoms with Crippen LogP contribution >= 0.6 is 0 Å². The van der Waals surface area contributed by atoms with Crippen LogP contribution in [0.2, 0.25) is 0 Å². The lowest BCUT2D eigenvalue weighted by Crippen LogP contribution is -2.47. The highest BCUT2D eigenvalue weighted by Gasteiger charge is 2.35. The van der Waals surface area contributed by atoms with E-state index in [1.54, 1.807) is 7.11 Å². The molecule has 2 aliphatic heterocycles. The number of carbonyl (C=O) groups excluding carboxylic acids is 1. The van der Waals surface area contributed by atoms with E-state index in [0.717, 1.165) is 38.2 Å². The van der Waals surface area contributed by atoms with Gasteiger partial charge in [-0.25, -0.2) is 0 Å². The summed E-state index contributed by atoms with van der Waals surface area (Å²) in [5, 5.41) is 2.98. The molecule has 1 aromatic carbocycles. The molecule has 2 heterocycles. The van der Waals surface area contributed by atoms with Gasteiger partial charge in [-0.15, -0.1) is 0 Å². The highest BCUT2D eigenvalue weighted by atomic mass is 16.5. The first kappa shape index (κ1) is 13.4. The Hall–Kier alpha value is -1.59. The molecule has 3 N–H and O–H groups in total. The summed E-state index contributed by atoms with van der Waals surface area (Å²) in [7, 11) is 1.73. The van der Waals surface area contributed by atoms with Crippen LogP contribution in [0.5, 0.6) is 0 Å². The number of benzene rings is 1. The molecule has 2 aliphatic rings. The number of methoxy groups -OCH3 is 1. The molecule has 1 aromatic rings. The minimum absolute atomic E-state index is 0.0621. The molecule has 0 aromatic heterocycles. The van der Waals surface area contributed by atoms with Crippen LogP contribution in [0.4, 0.5) is 11.4 Å². The minimum Gasteiger partial charge on any atom is -0.399 e. The van der Waals surface area contributed by atoms with Gasteiger partial charge >= 0.3 is 0 Å². The Bertz CT molecular complexity index is 518. The van der Waals surface area contributed by atoms with Crippen LogP contribution in [0.3, 0.4) is 0 Å². The van der Waals surface area contributed by atoms with E-state index in [2.05, 4.69) is 10.2 Å². The fourth-order valence-corrected chi connectivity index (χ4v) is 3.22. The second-order valence-corrected chi connectivity index (χ2v) is 5.73. The standard InChI is InChI=1S/C15H21N3O2/c1-20-9-10-4-5-18(8-10)14-6-11-2-3-12(16)7-13(11)17-15(14)19/h2-3,7,10,14H,4-6,8-9,16H2,1H3,(H,17,19). The van der Waals surface area contributed by atoms with Crippen molar-refractivity contribution in [1.82, 2.24) is 4.90 Å². The first-order valence-corrected chi connectivity index (χ1v) is 7.09. The molecule has 1 fully saturated rings. The molecule has 5 heteroatoms. The molecule has 0 saturated carbocycles. The van der Waals surface area contributed by atoms with E-state index in [-0.39, 0.29) is 11.9 Å². The summed E-state index contributed by atoms with van der Waals surface area (Å²) < 4.78 is 5.22. The molecule has 0 bridgehead atoms. The minimum atomic E-state index is -0.0621. The molecule has 20 heavy (non-hydrogen) atoms. The highest BCUT2D eigenvalue weighted by molar-refractivity contribution is 5.98. The van der Waals surface area contributed by atoms with E-state index in [1.165, 1.54) is 5.56 Å². The van der Waals surface area contributed by atoms with Gasteiger partial charge in [-0.2, -0.15) is 0 Å². The molecule has 0 radical (unpaired) electrons. The van der Waals surface area contributed by atoms with Crippen molar-refractivity contribution in [2.75, 3.05) is 37.9 Å². The molecule has 108 valence electrons. The van der Waals surface area contributed by atoms with Crippen molar-refractivity contribution in [1.29, 1.82) is 0 Å². The van der Waals surface area contributed by atoms with E-state index in [4.69, 9.17) is 10.5 Å². The maximum Gasteiger partial charge on any atom is 0.242 e. The lowest BCUT2D eigenvalue weighted by molar-refractivity contribution is -0.121. The number of hydrogen-bond acceptors (Lipinski definition) is 4. The van der Waals surface area contributed by atoms with Gasteiger partial charge in [0.25, 0.3) is 0 Å². The molecule has 0 spiro atoms. The number of rotatable bonds is 3. The van der Waals surface area contributed by atoms with Crippen molar-refractivity contribution < 1.29 is 9.53 Å². The third-order valence-electron chi connectivity index (χ3n) is 4.27. The van der Waals surface area contributed by atoms with Gasteiger partial charge in [0, 0.05) is 25.0 Å². The summed E-state index contributed by atoms with van der Waals surface area (Å²) in [4.78, 5) is 14.6. The molecule has 0 aliphatic carbocycles. The SMILES string of the molecule is COCC1CCN(C2Cc3ccc(N)cc3NC2=O)C1. The summed E-state index contributed by atoms with van der Waals surface area (Å²) in [5.74, 6) is 0.627. The average Bonchev–Trinajstić information content (AvgIpc) is 2.86. The largest absolute Gasteiger partial charge is 0.399 e. The van der Waals surface area contributed by atoms with Gasteiger partial charge in [-0.3, -0.25) is 9.69 Å². The molecular formula is C15H21N3O2. The molecule has 1 saturated heterocycles. The Labute approximate surface area is 119 Å². The second kappa shape index (κ2) is 5.42. The molecule has 3 rings (SSSR count). The van der Waals surface area contributed by atoms with Gasteiger partial charge in [0.1, 0.15) is 0 Å². The molecule has 2 unspecified atom stereocenters. The number of carbonyl (C=O) groups is 1. The van der Waals surface area contributed by atoms with Crippen molar-refractivity contribution in [3.05, 3.63) is 23.8 Å². The fourth-order valence-electron chi connectivity index (χ4n) is 3.22. The second-order valence-electron chi connectivity index (χ2n) is 5.73. The van der Waals surface area contributed by atoms with Crippen molar-refractivity contribution in [2.45, 2.75) is 18.9 Å². The van der Waals surface area contributed by atoms with Crippen LogP contribution < -0.4 is 11.1 Å². The van der Waals surface area contributed by atoms with Gasteiger partial charge in [0.2, 0.25) is 5.91 Å². The number of nitrogens with two attached hydrogens (primary N) is 1. The topological polar surface area (TPSA) is 67.6 Å². The Balaban J connectivity index is 1.73. The van der Waals surface area contributed by atoms with Gasteiger partial charge in [0.05, 0.1) is 12.6 Å². The summed E-state index contributed by atoms with van der Waals surface area (Å²) >= 11 is 0. The first-order valence-electron chi connectivity index (χ1n) is 7.09. The summed E-state index contributed by atoms with van der Waals surface area (Å²) in [6.45, 7) is 2.69. The number of fused-ring (bicyclic) bond motifs is 1. The lowest BCUT2D eigenvalue weighted by atomic mass is 9.97. The molecule has 5 nitrogen and oxygen atoms in total. The zero-order valence-electron chi connectivity index (χ0n) is 11.8. The monoisotopic (exact) mass is 275 g/mol. The van der Waals surface area contributed by atoms with Crippen molar-refractivity contribution >= 4 is 17.3 Å². The Morgan fingerprint density at radius 2 is 2.35 bits per heavy atom. The number of nitrogens with one attached hydrogen (secondary N) is 1. The summed E-state index contributed by atoms with van der Waals surface area (Å²) in [6.07, 6.45) is 1.87. The average molecular weight is 275 g/mol. The van der Waals surface area contributed by atoms with Crippen LogP contribution in [0, 0.1) is 5.92 Å². The van der Waals surface area contributed by atoms with E-state index >= 15 is 0 Å². The van der Waals surface area contributed by atoms with Gasteiger partial charge in [-0.1, -0.05) is 6.07 Å². The van der Waals surface area contributed by atoms with Crippen molar-refractivity contribution in [3.8, 4) is 0 Å². The maximum absolute atomic E-state index is 12.3. The lowest BCUT2D eigenvalue weighted by Gasteiger charge is -2.31. The number of nitrogens with zero attached hydrogens (tertiary/aromatic N) is 1. The molecule has 1 amide bonds. The van der Waals surface area contributed by atoms with Gasteiger partial charge in [-0.05, 0) is 43.0 Å². The van der Waals surface area contributed by atoms with Crippen LogP contribution in [0.25, 0.3) is 0 Å². The maximum atomic E-state index is 12.3. The molecular weight excluding hydrogens is 254 g/mol. The number of amides is 1. The van der Waals surface area contributed by atoms with Crippen LogP contribution in [0.15, 0.2) is 18.2 Å². The summed E-state index contributed by atoms with van der Waals surface area (Å²) in [6, 6.07) is 5.68. The normalized spacial score (nSPS) is 26.4. The smallest absolute Gasteiger partial charge is 0.242 e. The Morgan fingerprint density at radius 3 is 3.15 bits per heavy atom. The van der Waals surface area contributed by atoms with Crippen molar-refractivity contribution in [3.63, 3.8) is 0 Å². The van der Waals surface area contributed by atoms with Gasteiger partial charge in [0.15, 0.2) is 0 Å². The van der Waals surface area contributed by atoms with E-state index in [0.29, 0.717) is 11.6 Å². The zero-order valence-corrected chi connectivity index (χ0v) is 11.8. The number of ether oxygens (including phenoxy) is 1. The predicted molar refractivity (Wildman–Crippen MR) is 78.5 cm³/mol. The molecule has 2 atom stereocenters. The first-order chi connectivity index (χ1) is 9.67. The fraction of sp³-hybridized carbons (Fsp3) is 0.533. The van der Waals surface area contributed by atoms with E-state index in [1.807, 2.05) is 18.2 Å². The Kier molecular flexibility index (Phi) is 3.63. The van der Waals surface area contributed by atoms with E-state index < -0.39 is 0 Å². The van der Waals surface area contributed by atoms with Crippen molar-refractivity contribution in [2.24, 2.45) is 5.92 Å². The number of hydrogen-bond donors (Lipinski definition) is 2. The van der Waals surface area contributed by atoms with Crippen LogP contribution in [-0.4, -0.2) is 43.7 Å². The third-order valence-corrected chi connectivity index (χ3v) is 4.27. The highest BCUT2D eigenvalue weighted by Crippen LogP contribution is 2.29. The Morgan fingerprint density at radius 1 is 1.50 bits per heavy atom. The number of nitrogen functional groups attached to an aromatic ring is 1. The van der Waals surface area contributed by atoms with Crippen LogP contribution in [0.1, 0.15) is 12.0 Å². The number of likely N-dealkylation sites (tertiary alicyclic amines) is 1. The third kappa shape index (κ3) is 2.51. The van der Waals surface area contributed by atoms with E-state index in [9.17, 15) is 4.79 Å². The van der Waals surface area contributed by atoms with Crippen LogP contribution in [-0.2, 0) is 16.0 Å². The van der Waals surface area contributed by atoms with Gasteiger partial charge < -0.3 is 15.8 Å². The predicted octanol–water partition coefficient (Wildman–Crippen LogP) is 1.10. The number of anilines is 2.